The van der Waals surface area contributed by atoms with Gasteiger partial charge in [-0.15, -0.1) is 0 Å². The van der Waals surface area contributed by atoms with E-state index in [1.165, 1.54) is 25.3 Å². The van der Waals surface area contributed by atoms with E-state index < -0.39 is 35.1 Å². The van der Waals surface area contributed by atoms with Gasteiger partial charge in [0.15, 0.2) is 11.6 Å². The van der Waals surface area contributed by atoms with E-state index in [-0.39, 0.29) is 27.6 Å². The molecule has 0 saturated carbocycles. The Morgan fingerprint density at radius 1 is 1.06 bits per heavy atom. The molecule has 4 rings (SSSR count). The second kappa shape index (κ2) is 9.76. The third-order valence-electron chi connectivity index (χ3n) is 5.53. The van der Waals surface area contributed by atoms with Gasteiger partial charge in [0, 0.05) is 16.8 Å². The highest BCUT2D eigenvalue weighted by Gasteiger charge is 2.47. The molecule has 3 aromatic carbocycles. The number of hydrogen-bond donors (Lipinski definition) is 1. The number of benzene rings is 3. The van der Waals surface area contributed by atoms with Gasteiger partial charge in [-0.1, -0.05) is 23.7 Å². The Labute approximate surface area is 205 Å². The van der Waals surface area contributed by atoms with Crippen LogP contribution in [0.4, 0.5) is 14.5 Å². The molecule has 0 bridgehead atoms. The van der Waals surface area contributed by atoms with Crippen LogP contribution in [0.25, 0.3) is 5.76 Å². The van der Waals surface area contributed by atoms with Gasteiger partial charge in [0.25, 0.3) is 11.7 Å². The number of amides is 1. The molecule has 1 unspecified atom stereocenters. The number of ether oxygens (including phenoxy) is 2. The van der Waals surface area contributed by atoms with Crippen LogP contribution in [0.15, 0.2) is 66.2 Å². The fourth-order valence-corrected chi connectivity index (χ4v) is 4.17. The summed E-state index contributed by atoms with van der Waals surface area (Å²) >= 11 is 6.11. The summed E-state index contributed by atoms with van der Waals surface area (Å²) in [7, 11) is 1.38. The number of methoxy groups -OCH3 is 1. The molecule has 0 aromatic heterocycles. The number of nitrogens with zero attached hydrogens (tertiary/aromatic N) is 1. The molecular weight excluding hydrogens is 480 g/mol. The highest BCUT2D eigenvalue weighted by molar-refractivity contribution is 6.51. The third kappa shape index (κ3) is 4.44. The summed E-state index contributed by atoms with van der Waals surface area (Å²) in [5.74, 6) is -4.19. The Kier molecular flexibility index (Phi) is 6.75. The third-order valence-corrected chi connectivity index (χ3v) is 5.76. The minimum absolute atomic E-state index is 0.0603. The van der Waals surface area contributed by atoms with Crippen molar-refractivity contribution in [2.45, 2.75) is 13.0 Å². The van der Waals surface area contributed by atoms with Crippen molar-refractivity contribution in [2.24, 2.45) is 0 Å². The quantitative estimate of drug-likeness (QED) is 0.269. The average Bonchev–Trinajstić information content (AvgIpc) is 3.11. The Morgan fingerprint density at radius 3 is 2.51 bits per heavy atom. The molecule has 35 heavy (non-hydrogen) atoms. The minimum Gasteiger partial charge on any atom is -0.507 e. The SMILES string of the molecule is CCOc1cccc(C2/C(=C(\O)c3cc(Cl)ccc3OC)C(=O)C(=O)N2c2ccc(F)c(F)c2)c1. The van der Waals surface area contributed by atoms with E-state index in [1.54, 1.807) is 37.3 Å². The summed E-state index contributed by atoms with van der Waals surface area (Å²) in [5, 5.41) is 11.5. The first-order chi connectivity index (χ1) is 16.8. The smallest absolute Gasteiger partial charge is 0.300 e. The topological polar surface area (TPSA) is 76.1 Å². The van der Waals surface area contributed by atoms with Crippen molar-refractivity contribution < 1.29 is 33.0 Å². The molecule has 1 aliphatic heterocycles. The Hall–Kier alpha value is -3.91. The highest BCUT2D eigenvalue weighted by Crippen LogP contribution is 2.44. The van der Waals surface area contributed by atoms with E-state index in [2.05, 4.69) is 0 Å². The fraction of sp³-hybridized carbons (Fsp3) is 0.154. The van der Waals surface area contributed by atoms with Gasteiger partial charge in [0.05, 0.1) is 30.9 Å². The number of aliphatic hydroxyl groups is 1. The van der Waals surface area contributed by atoms with Crippen LogP contribution in [0.1, 0.15) is 24.1 Å². The van der Waals surface area contributed by atoms with Gasteiger partial charge < -0.3 is 14.6 Å². The van der Waals surface area contributed by atoms with Crippen molar-refractivity contribution in [3.63, 3.8) is 0 Å². The van der Waals surface area contributed by atoms with Gasteiger partial charge in [0.1, 0.15) is 17.3 Å². The van der Waals surface area contributed by atoms with Crippen LogP contribution in [0, 0.1) is 11.6 Å². The number of hydrogen-bond acceptors (Lipinski definition) is 5. The number of rotatable bonds is 6. The standard InChI is InChI=1S/C26H20ClF2NO5/c1-3-35-17-6-4-5-14(11-17)23-22(24(31)18-12-15(27)7-10-21(18)34-2)25(32)26(33)30(23)16-8-9-19(28)20(29)13-16/h4-13,23,31H,3H2,1-2H3/b24-22+. The summed E-state index contributed by atoms with van der Waals surface area (Å²) in [4.78, 5) is 27.5. The molecule has 1 fully saturated rings. The summed E-state index contributed by atoms with van der Waals surface area (Å²) in [6.07, 6.45) is 0. The van der Waals surface area contributed by atoms with Crippen LogP contribution in [0.5, 0.6) is 11.5 Å². The summed E-state index contributed by atoms with van der Waals surface area (Å²) in [5.41, 5.74) is 0.167. The van der Waals surface area contributed by atoms with Crippen molar-refractivity contribution in [1.29, 1.82) is 0 Å². The molecule has 3 aromatic rings. The largest absolute Gasteiger partial charge is 0.507 e. The number of ketones is 1. The van der Waals surface area contributed by atoms with Crippen LogP contribution < -0.4 is 14.4 Å². The lowest BCUT2D eigenvalue weighted by Gasteiger charge is -2.26. The molecular formula is C26H20ClF2NO5. The van der Waals surface area contributed by atoms with E-state index in [0.29, 0.717) is 17.9 Å². The van der Waals surface area contributed by atoms with Gasteiger partial charge in [-0.2, -0.15) is 0 Å². The molecule has 1 saturated heterocycles. The van der Waals surface area contributed by atoms with Crippen LogP contribution in [0.2, 0.25) is 5.02 Å². The average molecular weight is 500 g/mol. The number of aliphatic hydroxyl groups excluding tert-OH is 1. The van der Waals surface area contributed by atoms with Gasteiger partial charge >= 0.3 is 0 Å². The Bertz CT molecular complexity index is 1360. The van der Waals surface area contributed by atoms with Gasteiger partial charge in [-0.25, -0.2) is 8.78 Å². The summed E-state index contributed by atoms with van der Waals surface area (Å²) in [6, 6.07) is 12.7. The number of halogens is 3. The van der Waals surface area contributed by atoms with Crippen molar-refractivity contribution in [3.05, 3.63) is 94.0 Å². The van der Waals surface area contributed by atoms with Crippen molar-refractivity contribution in [1.82, 2.24) is 0 Å². The summed E-state index contributed by atoms with van der Waals surface area (Å²) < 4.78 is 38.6. The summed E-state index contributed by atoms with van der Waals surface area (Å²) in [6.45, 7) is 2.16. The molecule has 9 heteroatoms. The second-order valence-corrected chi connectivity index (χ2v) is 8.05. The van der Waals surface area contributed by atoms with Crippen molar-refractivity contribution in [2.75, 3.05) is 18.6 Å². The van der Waals surface area contributed by atoms with Crippen molar-refractivity contribution in [3.8, 4) is 11.5 Å². The molecule has 180 valence electrons. The Morgan fingerprint density at radius 2 is 1.83 bits per heavy atom. The van der Waals surface area contributed by atoms with Crippen LogP contribution in [-0.4, -0.2) is 30.5 Å². The maximum atomic E-state index is 14.1. The molecule has 0 aliphatic carbocycles. The van der Waals surface area contributed by atoms with E-state index in [0.717, 1.165) is 17.0 Å². The first-order valence-electron chi connectivity index (χ1n) is 10.6. The van der Waals surface area contributed by atoms with E-state index in [4.69, 9.17) is 21.1 Å². The second-order valence-electron chi connectivity index (χ2n) is 7.62. The van der Waals surface area contributed by atoms with Gasteiger partial charge in [-0.05, 0) is 55.0 Å². The lowest BCUT2D eigenvalue weighted by Crippen LogP contribution is -2.29. The minimum atomic E-state index is -1.19. The maximum absolute atomic E-state index is 14.1. The normalized spacial score (nSPS) is 17.1. The van der Waals surface area contributed by atoms with Crippen LogP contribution >= 0.6 is 11.6 Å². The molecule has 0 spiro atoms. The number of Topliss-reactive ketones (excluding diaryl/α,β-unsaturated/α-hetero) is 1. The van der Waals surface area contributed by atoms with Crippen LogP contribution in [-0.2, 0) is 9.59 Å². The lowest BCUT2D eigenvalue weighted by molar-refractivity contribution is -0.132. The molecule has 1 heterocycles. The molecule has 1 atom stereocenters. The van der Waals surface area contributed by atoms with Crippen LogP contribution in [0.3, 0.4) is 0 Å². The van der Waals surface area contributed by atoms with Gasteiger partial charge in [0.2, 0.25) is 0 Å². The predicted octanol–water partition coefficient (Wildman–Crippen LogP) is 5.65. The molecule has 1 amide bonds. The predicted molar refractivity (Wildman–Crippen MR) is 127 cm³/mol. The zero-order valence-electron chi connectivity index (χ0n) is 18.7. The van der Waals surface area contributed by atoms with E-state index in [9.17, 15) is 23.5 Å². The zero-order chi connectivity index (χ0) is 25.3. The fourth-order valence-electron chi connectivity index (χ4n) is 4.00. The maximum Gasteiger partial charge on any atom is 0.300 e. The molecule has 6 nitrogen and oxygen atoms in total. The number of carbonyl (C=O) groups is 2. The Balaban J connectivity index is 1.99. The molecule has 0 radical (unpaired) electrons. The first kappa shape index (κ1) is 24.2. The molecule has 1 N–H and O–H groups in total. The van der Waals surface area contributed by atoms with Crippen molar-refractivity contribution >= 4 is 34.7 Å². The number of anilines is 1. The highest BCUT2D eigenvalue weighted by atomic mass is 35.5. The van der Waals surface area contributed by atoms with Gasteiger partial charge in [-0.3, -0.25) is 14.5 Å². The molecule has 1 aliphatic rings. The number of carbonyl (C=O) groups excluding carboxylic acids is 2. The van der Waals surface area contributed by atoms with E-state index in [1.807, 2.05) is 0 Å². The zero-order valence-corrected chi connectivity index (χ0v) is 19.5. The first-order valence-corrected chi connectivity index (χ1v) is 11.0. The lowest BCUT2D eigenvalue weighted by atomic mass is 9.94. The van der Waals surface area contributed by atoms with E-state index >= 15 is 0 Å². The monoisotopic (exact) mass is 499 g/mol.